The van der Waals surface area contributed by atoms with Gasteiger partial charge in [0.05, 0.1) is 6.04 Å². The Balaban J connectivity index is 0. The van der Waals surface area contributed by atoms with E-state index >= 15 is 0 Å². The maximum absolute atomic E-state index is 12.0. The predicted molar refractivity (Wildman–Crippen MR) is 89.9 cm³/mol. The van der Waals surface area contributed by atoms with Crippen molar-refractivity contribution in [2.75, 3.05) is 27.2 Å². The molecule has 1 heterocycles. The van der Waals surface area contributed by atoms with Gasteiger partial charge in [0.15, 0.2) is 0 Å². The summed E-state index contributed by atoms with van der Waals surface area (Å²) in [5.74, 6) is 0.0929. The molecule has 2 atom stereocenters. The van der Waals surface area contributed by atoms with Crippen molar-refractivity contribution < 1.29 is 4.79 Å². The third-order valence-electron chi connectivity index (χ3n) is 4.01. The first-order valence-corrected chi connectivity index (χ1v) is 7.27. The van der Waals surface area contributed by atoms with Gasteiger partial charge >= 0.3 is 0 Å². The number of carbonyl (C=O) groups excluding carboxylic acids is 1. The number of halogens is 2. The zero-order valence-electron chi connectivity index (χ0n) is 13.0. The van der Waals surface area contributed by atoms with Gasteiger partial charge in [0.1, 0.15) is 0 Å². The Hall–Kier alpha value is -0.0300. The second kappa shape index (κ2) is 11.6. The Morgan fingerprint density at radius 2 is 2.05 bits per heavy atom. The Kier molecular flexibility index (Phi) is 12.9. The molecular formula is C14H31Cl2N3O. The van der Waals surface area contributed by atoms with Gasteiger partial charge in [0, 0.05) is 19.6 Å². The summed E-state index contributed by atoms with van der Waals surface area (Å²) in [6.07, 6.45) is 6.71. The molecule has 0 spiro atoms. The van der Waals surface area contributed by atoms with Crippen molar-refractivity contribution in [1.29, 1.82) is 0 Å². The lowest BCUT2D eigenvalue weighted by Crippen LogP contribution is -2.44. The summed E-state index contributed by atoms with van der Waals surface area (Å²) in [6.45, 7) is 4.08. The SMILES string of the molecule is CCCC(N)C(=O)N(C)CCC1CCCCN1C.Cl.Cl. The van der Waals surface area contributed by atoms with Crippen LogP contribution in [0.3, 0.4) is 0 Å². The van der Waals surface area contributed by atoms with Crippen LogP contribution in [0.4, 0.5) is 0 Å². The Morgan fingerprint density at radius 1 is 1.40 bits per heavy atom. The van der Waals surface area contributed by atoms with Gasteiger partial charge < -0.3 is 15.5 Å². The van der Waals surface area contributed by atoms with Crippen LogP contribution in [0.25, 0.3) is 0 Å². The van der Waals surface area contributed by atoms with Crippen LogP contribution in [0.15, 0.2) is 0 Å². The highest BCUT2D eigenvalue weighted by molar-refractivity contribution is 5.85. The van der Waals surface area contributed by atoms with E-state index in [1.807, 2.05) is 11.9 Å². The third kappa shape index (κ3) is 7.11. The van der Waals surface area contributed by atoms with Crippen LogP contribution < -0.4 is 5.73 Å². The van der Waals surface area contributed by atoms with Gasteiger partial charge in [-0.15, -0.1) is 24.8 Å². The second-order valence-electron chi connectivity index (χ2n) is 5.57. The fourth-order valence-corrected chi connectivity index (χ4v) is 2.68. The average Bonchev–Trinajstić information content (AvgIpc) is 2.36. The summed E-state index contributed by atoms with van der Waals surface area (Å²) in [5, 5.41) is 0. The molecule has 0 radical (unpaired) electrons. The van der Waals surface area contributed by atoms with E-state index in [0.717, 1.165) is 25.8 Å². The van der Waals surface area contributed by atoms with E-state index in [2.05, 4.69) is 18.9 Å². The molecule has 6 heteroatoms. The lowest BCUT2D eigenvalue weighted by atomic mass is 10.00. The molecule has 0 aromatic rings. The molecule has 2 unspecified atom stereocenters. The predicted octanol–water partition coefficient (Wildman–Crippen LogP) is 2.29. The van der Waals surface area contributed by atoms with Crippen LogP contribution >= 0.6 is 24.8 Å². The molecule has 1 rings (SSSR count). The van der Waals surface area contributed by atoms with E-state index in [9.17, 15) is 4.79 Å². The van der Waals surface area contributed by atoms with Crippen molar-refractivity contribution in [2.45, 2.75) is 57.5 Å². The first kappa shape index (κ1) is 22.3. The normalized spacial score (nSPS) is 20.5. The van der Waals surface area contributed by atoms with Gasteiger partial charge in [-0.1, -0.05) is 19.8 Å². The monoisotopic (exact) mass is 327 g/mol. The fraction of sp³-hybridized carbons (Fsp3) is 0.929. The highest BCUT2D eigenvalue weighted by Gasteiger charge is 2.21. The summed E-state index contributed by atoms with van der Waals surface area (Å²) in [7, 11) is 4.06. The maximum Gasteiger partial charge on any atom is 0.239 e. The Morgan fingerprint density at radius 3 is 2.60 bits per heavy atom. The second-order valence-corrected chi connectivity index (χ2v) is 5.57. The van der Waals surface area contributed by atoms with Gasteiger partial charge in [0.25, 0.3) is 0 Å². The number of nitrogens with zero attached hydrogens (tertiary/aromatic N) is 2. The molecule has 1 fully saturated rings. The molecule has 2 N–H and O–H groups in total. The van der Waals surface area contributed by atoms with Crippen molar-refractivity contribution in [3.8, 4) is 0 Å². The number of piperidine rings is 1. The first-order chi connectivity index (χ1) is 8.56. The van der Waals surface area contributed by atoms with E-state index in [0.29, 0.717) is 6.04 Å². The summed E-state index contributed by atoms with van der Waals surface area (Å²) >= 11 is 0. The number of likely N-dealkylation sites (N-methyl/N-ethyl adjacent to an activating group) is 1. The molecule has 1 saturated heterocycles. The molecule has 1 aliphatic rings. The highest BCUT2D eigenvalue weighted by atomic mass is 35.5. The first-order valence-electron chi connectivity index (χ1n) is 7.27. The minimum atomic E-state index is -0.316. The third-order valence-corrected chi connectivity index (χ3v) is 4.01. The van der Waals surface area contributed by atoms with Gasteiger partial charge in [-0.2, -0.15) is 0 Å². The summed E-state index contributed by atoms with van der Waals surface area (Å²) in [4.78, 5) is 16.2. The van der Waals surface area contributed by atoms with Crippen molar-refractivity contribution in [2.24, 2.45) is 5.73 Å². The van der Waals surface area contributed by atoms with E-state index < -0.39 is 0 Å². The number of hydrogen-bond acceptors (Lipinski definition) is 3. The molecule has 122 valence electrons. The molecule has 1 aliphatic heterocycles. The number of rotatable bonds is 6. The van der Waals surface area contributed by atoms with Crippen molar-refractivity contribution in [3.05, 3.63) is 0 Å². The van der Waals surface area contributed by atoms with E-state index in [1.165, 1.54) is 25.8 Å². The van der Waals surface area contributed by atoms with Gasteiger partial charge in [-0.05, 0) is 39.3 Å². The molecule has 1 amide bonds. The summed E-state index contributed by atoms with van der Waals surface area (Å²) in [6, 6.07) is 0.320. The summed E-state index contributed by atoms with van der Waals surface area (Å²) in [5.41, 5.74) is 5.86. The van der Waals surface area contributed by atoms with Gasteiger partial charge in [-0.25, -0.2) is 0 Å². The minimum Gasteiger partial charge on any atom is -0.344 e. The molecule has 20 heavy (non-hydrogen) atoms. The fourth-order valence-electron chi connectivity index (χ4n) is 2.68. The summed E-state index contributed by atoms with van der Waals surface area (Å²) < 4.78 is 0. The van der Waals surface area contributed by atoms with Crippen LogP contribution in [-0.2, 0) is 4.79 Å². The zero-order valence-corrected chi connectivity index (χ0v) is 14.6. The number of amides is 1. The Labute approximate surface area is 136 Å². The number of hydrogen-bond donors (Lipinski definition) is 1. The Bertz CT molecular complexity index is 267. The molecule has 4 nitrogen and oxygen atoms in total. The van der Waals surface area contributed by atoms with Crippen LogP contribution in [0.2, 0.25) is 0 Å². The van der Waals surface area contributed by atoms with Gasteiger partial charge in [-0.3, -0.25) is 4.79 Å². The van der Waals surface area contributed by atoms with Crippen molar-refractivity contribution in [1.82, 2.24) is 9.80 Å². The van der Waals surface area contributed by atoms with Crippen LogP contribution in [0.1, 0.15) is 45.4 Å². The standard InChI is InChI=1S/C14H29N3O.2ClH/c1-4-7-13(15)14(18)17(3)11-9-12-8-5-6-10-16(12)2;;/h12-13H,4-11,15H2,1-3H3;2*1H. The lowest BCUT2D eigenvalue weighted by Gasteiger charge is -2.33. The van der Waals surface area contributed by atoms with Crippen LogP contribution in [0.5, 0.6) is 0 Å². The minimum absolute atomic E-state index is 0. The quantitative estimate of drug-likeness (QED) is 0.814. The number of nitrogens with two attached hydrogens (primary N) is 1. The molecule has 0 aliphatic carbocycles. The van der Waals surface area contributed by atoms with E-state index in [-0.39, 0.29) is 36.8 Å². The highest BCUT2D eigenvalue weighted by Crippen LogP contribution is 2.17. The van der Waals surface area contributed by atoms with Crippen molar-refractivity contribution in [3.63, 3.8) is 0 Å². The molecular weight excluding hydrogens is 297 g/mol. The molecule has 0 saturated carbocycles. The largest absolute Gasteiger partial charge is 0.344 e. The molecule has 0 aromatic heterocycles. The maximum atomic E-state index is 12.0. The topological polar surface area (TPSA) is 49.6 Å². The molecule has 0 bridgehead atoms. The molecule has 0 aromatic carbocycles. The van der Waals surface area contributed by atoms with Gasteiger partial charge in [0.2, 0.25) is 5.91 Å². The number of likely N-dealkylation sites (tertiary alicyclic amines) is 1. The van der Waals surface area contributed by atoms with Crippen LogP contribution in [-0.4, -0.2) is 55.0 Å². The van der Waals surface area contributed by atoms with Crippen LogP contribution in [0, 0.1) is 0 Å². The average molecular weight is 328 g/mol. The lowest BCUT2D eigenvalue weighted by molar-refractivity contribution is -0.131. The smallest absolute Gasteiger partial charge is 0.239 e. The number of carbonyl (C=O) groups is 1. The zero-order chi connectivity index (χ0) is 13.5. The van der Waals surface area contributed by atoms with E-state index in [1.54, 1.807) is 0 Å². The van der Waals surface area contributed by atoms with Crippen molar-refractivity contribution >= 4 is 30.7 Å². The van der Waals surface area contributed by atoms with E-state index in [4.69, 9.17) is 5.73 Å².